The maximum Gasteiger partial charge on any atom is 0.416 e. The lowest BCUT2D eigenvalue weighted by Gasteiger charge is -2.53. The standard InChI is InChI=1S/C30H33F6N3O3/c31-29(32,33)22-17-21(18-23(19-22)30(34,35)36)26(40)25-24(20-7-2-1-3-8-20)28(9-11-37-12-10-28)42-27(41)39(25)16-6-15-38-13-4-5-14-38/h1-3,7-8,17-19,24-25,37H,4-6,9-16H2. The highest BCUT2D eigenvalue weighted by Gasteiger charge is 2.57. The largest absolute Gasteiger partial charge is 0.442 e. The summed E-state index contributed by atoms with van der Waals surface area (Å²) in [5, 5.41) is 3.20. The van der Waals surface area contributed by atoms with Crippen molar-refractivity contribution in [2.24, 2.45) is 0 Å². The molecule has 3 saturated heterocycles. The van der Waals surface area contributed by atoms with E-state index in [2.05, 4.69) is 10.2 Å². The summed E-state index contributed by atoms with van der Waals surface area (Å²) in [5.74, 6) is -1.79. The number of amides is 1. The molecule has 2 aromatic rings. The van der Waals surface area contributed by atoms with Gasteiger partial charge in [-0.2, -0.15) is 26.3 Å². The number of nitrogens with one attached hydrogen (secondary N) is 1. The maximum absolute atomic E-state index is 14.3. The van der Waals surface area contributed by atoms with Crippen molar-refractivity contribution in [3.8, 4) is 0 Å². The zero-order chi connectivity index (χ0) is 30.1. The fourth-order valence-corrected chi connectivity index (χ4v) is 6.55. The summed E-state index contributed by atoms with van der Waals surface area (Å²) >= 11 is 0. The van der Waals surface area contributed by atoms with Crippen molar-refractivity contribution in [3.05, 3.63) is 70.8 Å². The summed E-state index contributed by atoms with van der Waals surface area (Å²) < 4.78 is 88.6. The number of hydrogen-bond donors (Lipinski definition) is 1. The van der Waals surface area contributed by atoms with Crippen LogP contribution in [0.2, 0.25) is 0 Å². The molecule has 1 N–H and O–H groups in total. The van der Waals surface area contributed by atoms with Crippen LogP contribution >= 0.6 is 0 Å². The van der Waals surface area contributed by atoms with Gasteiger partial charge in [-0.05, 0) is 75.7 Å². The van der Waals surface area contributed by atoms with Crippen LogP contribution in [0.25, 0.3) is 0 Å². The quantitative estimate of drug-likeness (QED) is 0.308. The molecule has 0 aromatic heterocycles. The van der Waals surface area contributed by atoms with E-state index < -0.39 is 58.5 Å². The molecule has 2 atom stereocenters. The molecule has 2 aromatic carbocycles. The van der Waals surface area contributed by atoms with E-state index in [-0.39, 0.29) is 12.6 Å². The molecular formula is C30H33F6N3O3. The van der Waals surface area contributed by atoms with Crippen LogP contribution in [0.3, 0.4) is 0 Å². The average molecular weight is 598 g/mol. The summed E-state index contributed by atoms with van der Waals surface area (Å²) in [5.41, 5.74) is -4.44. The predicted molar refractivity (Wildman–Crippen MR) is 142 cm³/mol. The lowest BCUT2D eigenvalue weighted by atomic mass is 9.69. The van der Waals surface area contributed by atoms with E-state index in [1.165, 1.54) is 4.90 Å². The second-order valence-corrected chi connectivity index (χ2v) is 11.3. The van der Waals surface area contributed by atoms with Crippen LogP contribution in [0.15, 0.2) is 48.5 Å². The summed E-state index contributed by atoms with van der Waals surface area (Å²) in [7, 11) is 0. The van der Waals surface area contributed by atoms with Crippen molar-refractivity contribution in [1.29, 1.82) is 0 Å². The number of piperidine rings is 1. The first-order valence-corrected chi connectivity index (χ1v) is 14.2. The Labute approximate surface area is 240 Å². The molecule has 228 valence electrons. The van der Waals surface area contributed by atoms with Gasteiger partial charge in [-0.1, -0.05) is 30.3 Å². The molecule has 3 heterocycles. The highest BCUT2D eigenvalue weighted by molar-refractivity contribution is 6.03. The fraction of sp³-hybridized carbons (Fsp3) is 0.533. The molecule has 3 aliphatic heterocycles. The third-order valence-electron chi connectivity index (χ3n) is 8.56. The van der Waals surface area contributed by atoms with Crippen LogP contribution in [0, 0.1) is 0 Å². The van der Waals surface area contributed by atoms with Crippen LogP contribution in [-0.4, -0.2) is 72.6 Å². The minimum Gasteiger partial charge on any atom is -0.442 e. The third-order valence-corrected chi connectivity index (χ3v) is 8.56. The van der Waals surface area contributed by atoms with Gasteiger partial charge in [0.25, 0.3) is 0 Å². The number of benzene rings is 2. The average Bonchev–Trinajstić information content (AvgIpc) is 3.47. The Hall–Kier alpha value is -3.12. The second-order valence-electron chi connectivity index (χ2n) is 11.3. The number of nitrogens with zero attached hydrogens (tertiary/aromatic N) is 2. The molecule has 0 bridgehead atoms. The highest BCUT2D eigenvalue weighted by Crippen LogP contribution is 2.47. The zero-order valence-corrected chi connectivity index (χ0v) is 22.9. The number of ether oxygens (including phenoxy) is 1. The van der Waals surface area contributed by atoms with Crippen molar-refractivity contribution in [3.63, 3.8) is 0 Å². The van der Waals surface area contributed by atoms with Gasteiger partial charge in [0.1, 0.15) is 11.6 Å². The van der Waals surface area contributed by atoms with Gasteiger partial charge in [0.2, 0.25) is 0 Å². The van der Waals surface area contributed by atoms with E-state index in [1.807, 2.05) is 0 Å². The van der Waals surface area contributed by atoms with Gasteiger partial charge < -0.3 is 15.0 Å². The molecule has 2 unspecified atom stereocenters. The van der Waals surface area contributed by atoms with Gasteiger partial charge in [-0.25, -0.2) is 4.79 Å². The molecule has 3 aliphatic rings. The van der Waals surface area contributed by atoms with Gasteiger partial charge in [0, 0.05) is 24.9 Å². The Morgan fingerprint density at radius 2 is 1.50 bits per heavy atom. The molecule has 0 saturated carbocycles. The Kier molecular flexibility index (Phi) is 8.58. The monoisotopic (exact) mass is 597 g/mol. The van der Waals surface area contributed by atoms with Crippen molar-refractivity contribution >= 4 is 11.9 Å². The lowest BCUT2D eigenvalue weighted by molar-refractivity contribution is -0.143. The van der Waals surface area contributed by atoms with Crippen LogP contribution in [0.4, 0.5) is 31.1 Å². The summed E-state index contributed by atoms with van der Waals surface area (Å²) in [6, 6.07) is 8.30. The van der Waals surface area contributed by atoms with E-state index in [1.54, 1.807) is 30.3 Å². The second kappa shape index (κ2) is 11.9. The number of rotatable bonds is 7. The molecule has 5 rings (SSSR count). The summed E-state index contributed by atoms with van der Waals surface area (Å²) in [6.45, 7) is 3.44. The number of hydrogen-bond acceptors (Lipinski definition) is 5. The molecular weight excluding hydrogens is 564 g/mol. The van der Waals surface area contributed by atoms with Crippen LogP contribution < -0.4 is 5.32 Å². The maximum atomic E-state index is 14.3. The van der Waals surface area contributed by atoms with Gasteiger partial charge in [-0.15, -0.1) is 0 Å². The predicted octanol–water partition coefficient (Wildman–Crippen LogP) is 6.12. The SMILES string of the molecule is O=C(c1cc(C(F)(F)F)cc(C(F)(F)F)c1)C1C(c2ccccc2)C2(CCNCC2)OC(=O)N1CCCN1CCCC1. The number of halogens is 6. The Bertz CT molecular complexity index is 1240. The third kappa shape index (κ3) is 6.29. The number of likely N-dealkylation sites (tertiary alicyclic amines) is 1. The van der Waals surface area contributed by atoms with E-state index in [0.717, 1.165) is 25.9 Å². The first-order chi connectivity index (χ1) is 19.9. The summed E-state index contributed by atoms with van der Waals surface area (Å²) in [6.07, 6.45) is -7.79. The number of carbonyl (C=O) groups is 2. The highest BCUT2D eigenvalue weighted by atomic mass is 19.4. The zero-order valence-electron chi connectivity index (χ0n) is 22.9. The van der Waals surface area contributed by atoms with E-state index >= 15 is 0 Å². The fourth-order valence-electron chi connectivity index (χ4n) is 6.55. The van der Waals surface area contributed by atoms with Crippen molar-refractivity contribution in [1.82, 2.24) is 15.1 Å². The molecule has 6 nitrogen and oxygen atoms in total. The molecule has 0 radical (unpaired) electrons. The Balaban J connectivity index is 1.62. The van der Waals surface area contributed by atoms with Crippen molar-refractivity contribution < 1.29 is 40.7 Å². The first-order valence-electron chi connectivity index (χ1n) is 14.2. The number of Topliss-reactive ketones (excluding diaryl/α,β-unsaturated/α-hetero) is 1. The van der Waals surface area contributed by atoms with Crippen molar-refractivity contribution in [2.75, 3.05) is 39.3 Å². The van der Waals surface area contributed by atoms with Gasteiger partial charge in [0.15, 0.2) is 5.78 Å². The lowest BCUT2D eigenvalue weighted by Crippen LogP contribution is -2.65. The minimum absolute atomic E-state index is 0.00268. The van der Waals surface area contributed by atoms with Gasteiger partial charge >= 0.3 is 18.4 Å². The Morgan fingerprint density at radius 1 is 0.905 bits per heavy atom. The van der Waals surface area contributed by atoms with Crippen LogP contribution in [-0.2, 0) is 17.1 Å². The number of ketones is 1. The summed E-state index contributed by atoms with van der Waals surface area (Å²) in [4.78, 5) is 31.4. The van der Waals surface area contributed by atoms with Gasteiger partial charge in [-0.3, -0.25) is 9.69 Å². The van der Waals surface area contributed by atoms with Crippen LogP contribution in [0.5, 0.6) is 0 Å². The topological polar surface area (TPSA) is 61.9 Å². The smallest absolute Gasteiger partial charge is 0.416 e. The van der Waals surface area contributed by atoms with Gasteiger partial charge in [0.05, 0.1) is 17.0 Å². The van der Waals surface area contributed by atoms with Crippen LogP contribution in [0.1, 0.15) is 65.1 Å². The van der Waals surface area contributed by atoms with E-state index in [4.69, 9.17) is 4.74 Å². The Morgan fingerprint density at radius 3 is 2.07 bits per heavy atom. The normalized spacial score (nSPS) is 23.3. The molecule has 0 aliphatic carbocycles. The first kappa shape index (κ1) is 30.3. The molecule has 42 heavy (non-hydrogen) atoms. The minimum atomic E-state index is -5.12. The molecule has 3 fully saturated rings. The van der Waals surface area contributed by atoms with E-state index in [0.29, 0.717) is 56.6 Å². The van der Waals surface area contributed by atoms with E-state index in [9.17, 15) is 35.9 Å². The number of alkyl halides is 6. The molecule has 12 heteroatoms. The molecule has 1 spiro atoms. The number of carbonyl (C=O) groups excluding carboxylic acids is 2. The molecule has 1 amide bonds. The van der Waals surface area contributed by atoms with Crippen molar-refractivity contribution in [2.45, 2.75) is 62.0 Å².